The number of halogens is 1. The fourth-order valence-electron chi connectivity index (χ4n) is 4.56. The third-order valence-corrected chi connectivity index (χ3v) is 6.34. The molecule has 1 aliphatic heterocycles. The van der Waals surface area contributed by atoms with E-state index in [2.05, 4.69) is 31.2 Å². The van der Waals surface area contributed by atoms with Crippen LogP contribution in [0.4, 0.5) is 0 Å². The smallest absolute Gasteiger partial charge is 0.230 e. The van der Waals surface area contributed by atoms with Crippen LogP contribution in [0.2, 0.25) is 5.02 Å². The number of benzene rings is 2. The number of ether oxygens (including phenoxy) is 1. The average Bonchev–Trinajstić information content (AvgIpc) is 2.90. The summed E-state index contributed by atoms with van der Waals surface area (Å²) in [6.07, 6.45) is 6.28. The SMILES string of the molecule is COc1ccc([C@H]2[C@@H]3C=CCC[C@@]3(C)C(=O)N2Cc2ccccc2)cc1Cl. The maximum Gasteiger partial charge on any atom is 0.230 e. The molecule has 2 aromatic rings. The zero-order valence-electron chi connectivity index (χ0n) is 15.7. The lowest BCUT2D eigenvalue weighted by Crippen LogP contribution is -2.34. The second-order valence-corrected chi connectivity index (χ2v) is 8.07. The van der Waals surface area contributed by atoms with Gasteiger partial charge in [0.1, 0.15) is 5.75 Å². The summed E-state index contributed by atoms with van der Waals surface area (Å²) in [5.41, 5.74) is 1.84. The Balaban J connectivity index is 1.78. The van der Waals surface area contributed by atoms with Crippen molar-refractivity contribution in [3.8, 4) is 5.75 Å². The molecule has 1 aliphatic carbocycles. The number of hydrogen-bond donors (Lipinski definition) is 0. The van der Waals surface area contributed by atoms with Gasteiger partial charge in [0.25, 0.3) is 0 Å². The van der Waals surface area contributed by atoms with Crippen LogP contribution in [0.3, 0.4) is 0 Å². The molecule has 2 aliphatic rings. The normalized spacial score (nSPS) is 26.9. The van der Waals surface area contributed by atoms with Crippen LogP contribution in [-0.4, -0.2) is 17.9 Å². The van der Waals surface area contributed by atoms with Crippen LogP contribution in [0.5, 0.6) is 5.75 Å². The largest absolute Gasteiger partial charge is 0.495 e. The van der Waals surface area contributed by atoms with Crippen molar-refractivity contribution in [2.24, 2.45) is 11.3 Å². The first kappa shape index (κ1) is 18.1. The number of allylic oxidation sites excluding steroid dienone is 1. The second-order valence-electron chi connectivity index (χ2n) is 7.67. The Hall–Kier alpha value is -2.26. The van der Waals surface area contributed by atoms with Crippen molar-refractivity contribution in [3.63, 3.8) is 0 Å². The maximum atomic E-state index is 13.5. The van der Waals surface area contributed by atoms with E-state index in [0.29, 0.717) is 17.3 Å². The molecule has 1 amide bonds. The lowest BCUT2D eigenvalue weighted by molar-refractivity contribution is -0.137. The number of carbonyl (C=O) groups excluding carboxylic acids is 1. The van der Waals surface area contributed by atoms with Crippen molar-refractivity contribution >= 4 is 17.5 Å². The molecule has 0 bridgehead atoms. The van der Waals surface area contributed by atoms with Gasteiger partial charge in [0.05, 0.1) is 23.6 Å². The molecule has 3 nitrogen and oxygen atoms in total. The quantitative estimate of drug-likeness (QED) is 0.663. The van der Waals surface area contributed by atoms with E-state index in [0.717, 1.165) is 24.0 Å². The van der Waals surface area contributed by atoms with Gasteiger partial charge in [-0.2, -0.15) is 0 Å². The van der Waals surface area contributed by atoms with Gasteiger partial charge in [0.2, 0.25) is 5.91 Å². The van der Waals surface area contributed by atoms with Crippen LogP contribution in [0.15, 0.2) is 60.7 Å². The molecule has 1 heterocycles. The van der Waals surface area contributed by atoms with Crippen LogP contribution in [0.1, 0.15) is 36.9 Å². The summed E-state index contributed by atoms with van der Waals surface area (Å²) in [6, 6.07) is 16.0. The third kappa shape index (κ3) is 3.04. The number of carbonyl (C=O) groups is 1. The van der Waals surface area contributed by atoms with Crippen LogP contribution in [0.25, 0.3) is 0 Å². The molecule has 4 heteroatoms. The first-order valence-corrected chi connectivity index (χ1v) is 9.77. The molecule has 0 spiro atoms. The van der Waals surface area contributed by atoms with Crippen LogP contribution in [-0.2, 0) is 11.3 Å². The fraction of sp³-hybridized carbons (Fsp3) is 0.348. The van der Waals surface area contributed by atoms with E-state index in [4.69, 9.17) is 16.3 Å². The Morgan fingerprint density at radius 1 is 1.22 bits per heavy atom. The number of likely N-dealkylation sites (tertiary alicyclic amines) is 1. The fourth-order valence-corrected chi connectivity index (χ4v) is 4.83. The van der Waals surface area contributed by atoms with Crippen molar-refractivity contribution < 1.29 is 9.53 Å². The summed E-state index contributed by atoms with van der Waals surface area (Å²) in [5.74, 6) is 1.03. The van der Waals surface area contributed by atoms with Crippen molar-refractivity contribution in [1.29, 1.82) is 0 Å². The number of fused-ring (bicyclic) bond motifs is 1. The van der Waals surface area contributed by atoms with Gasteiger partial charge in [-0.05, 0) is 36.1 Å². The molecule has 0 saturated carbocycles. The monoisotopic (exact) mass is 381 g/mol. The summed E-state index contributed by atoms with van der Waals surface area (Å²) < 4.78 is 5.31. The summed E-state index contributed by atoms with van der Waals surface area (Å²) in [6.45, 7) is 2.72. The summed E-state index contributed by atoms with van der Waals surface area (Å²) in [7, 11) is 1.61. The molecule has 0 N–H and O–H groups in total. The molecule has 1 fully saturated rings. The van der Waals surface area contributed by atoms with E-state index < -0.39 is 0 Å². The van der Waals surface area contributed by atoms with Gasteiger partial charge in [-0.3, -0.25) is 4.79 Å². The predicted octanol–water partition coefficient (Wildman–Crippen LogP) is 5.40. The second kappa shape index (κ2) is 7.05. The van der Waals surface area contributed by atoms with E-state index in [1.807, 2.05) is 41.3 Å². The minimum absolute atomic E-state index is 0.0253. The number of nitrogens with zero attached hydrogens (tertiary/aromatic N) is 1. The standard InChI is InChI=1S/C23H24ClNO2/c1-23-13-7-6-10-18(23)21(17-11-12-20(27-2)19(24)14-17)25(22(23)26)15-16-8-4-3-5-9-16/h3-6,8-12,14,18,21H,7,13,15H2,1-2H3/t18-,21-,23+/m0/s1. The van der Waals surface area contributed by atoms with E-state index >= 15 is 0 Å². The number of methoxy groups -OCH3 is 1. The van der Waals surface area contributed by atoms with Crippen molar-refractivity contribution in [2.45, 2.75) is 32.4 Å². The van der Waals surface area contributed by atoms with Gasteiger partial charge in [-0.1, -0.05) is 67.1 Å². The Morgan fingerprint density at radius 3 is 2.70 bits per heavy atom. The highest BCUT2D eigenvalue weighted by Crippen LogP contribution is 2.54. The van der Waals surface area contributed by atoms with Crippen molar-refractivity contribution in [3.05, 3.63) is 76.8 Å². The molecule has 2 aromatic carbocycles. The Bertz CT molecular complexity index is 879. The molecular formula is C23H24ClNO2. The minimum atomic E-state index is -0.361. The average molecular weight is 382 g/mol. The highest BCUT2D eigenvalue weighted by molar-refractivity contribution is 6.32. The Kier molecular flexibility index (Phi) is 4.73. The van der Waals surface area contributed by atoms with Gasteiger partial charge < -0.3 is 9.64 Å². The van der Waals surface area contributed by atoms with Gasteiger partial charge >= 0.3 is 0 Å². The van der Waals surface area contributed by atoms with Crippen molar-refractivity contribution in [1.82, 2.24) is 4.90 Å². The molecule has 0 radical (unpaired) electrons. The summed E-state index contributed by atoms with van der Waals surface area (Å²) >= 11 is 6.42. The molecule has 0 aromatic heterocycles. The number of rotatable bonds is 4. The molecular weight excluding hydrogens is 358 g/mol. The summed E-state index contributed by atoms with van der Waals surface area (Å²) in [4.78, 5) is 15.5. The van der Waals surface area contributed by atoms with Gasteiger partial charge in [-0.25, -0.2) is 0 Å². The van der Waals surface area contributed by atoms with Crippen LogP contribution in [0, 0.1) is 11.3 Å². The van der Waals surface area contributed by atoms with E-state index in [9.17, 15) is 4.79 Å². The number of amides is 1. The highest BCUT2D eigenvalue weighted by Gasteiger charge is 2.55. The van der Waals surface area contributed by atoms with Crippen LogP contribution < -0.4 is 4.74 Å². The molecule has 27 heavy (non-hydrogen) atoms. The zero-order valence-corrected chi connectivity index (χ0v) is 16.4. The summed E-state index contributed by atoms with van der Waals surface area (Å²) in [5, 5.41) is 0.579. The highest BCUT2D eigenvalue weighted by atomic mass is 35.5. The predicted molar refractivity (Wildman–Crippen MR) is 108 cm³/mol. The maximum absolute atomic E-state index is 13.5. The first-order chi connectivity index (χ1) is 13.0. The molecule has 0 unspecified atom stereocenters. The van der Waals surface area contributed by atoms with Gasteiger partial charge in [0.15, 0.2) is 0 Å². The number of hydrogen-bond acceptors (Lipinski definition) is 2. The van der Waals surface area contributed by atoms with Gasteiger partial charge in [0, 0.05) is 12.5 Å². The molecule has 140 valence electrons. The lowest BCUT2D eigenvalue weighted by Gasteiger charge is -2.32. The molecule has 3 atom stereocenters. The molecule has 4 rings (SSSR count). The van der Waals surface area contributed by atoms with Gasteiger partial charge in [-0.15, -0.1) is 0 Å². The first-order valence-electron chi connectivity index (χ1n) is 9.39. The van der Waals surface area contributed by atoms with Crippen LogP contribution >= 0.6 is 11.6 Å². The third-order valence-electron chi connectivity index (χ3n) is 6.05. The minimum Gasteiger partial charge on any atom is -0.495 e. The molecule has 1 saturated heterocycles. The Labute approximate surface area is 165 Å². The Morgan fingerprint density at radius 2 is 2.00 bits per heavy atom. The van der Waals surface area contributed by atoms with Crippen molar-refractivity contribution in [2.75, 3.05) is 7.11 Å². The van der Waals surface area contributed by atoms with E-state index in [1.54, 1.807) is 7.11 Å². The zero-order chi connectivity index (χ0) is 19.0. The van der Waals surface area contributed by atoms with E-state index in [1.165, 1.54) is 0 Å². The lowest BCUT2D eigenvalue weighted by atomic mass is 9.69. The topological polar surface area (TPSA) is 29.5 Å². The van der Waals surface area contributed by atoms with E-state index in [-0.39, 0.29) is 23.3 Å².